The molecule has 7 heteroatoms. The standard InChI is InChI=1S/C14H19NO5S/c1-2-21(18,19)13-5-3-11(4-6-13)15-7-8-20-12(10-15)9-14(16)17/h3-6,12H,2,7-10H2,1H3,(H,16,17). The number of carbonyl (C=O) groups is 1. The van der Waals surface area contributed by atoms with Gasteiger partial charge in [0.25, 0.3) is 0 Å². The Morgan fingerprint density at radius 2 is 2.05 bits per heavy atom. The van der Waals surface area contributed by atoms with Crippen molar-refractivity contribution in [1.29, 1.82) is 0 Å². The number of rotatable bonds is 5. The van der Waals surface area contributed by atoms with E-state index in [2.05, 4.69) is 0 Å². The number of morpholine rings is 1. The molecule has 0 aromatic heterocycles. The first-order valence-electron chi connectivity index (χ1n) is 6.83. The maximum atomic E-state index is 11.8. The second-order valence-electron chi connectivity index (χ2n) is 4.93. The summed E-state index contributed by atoms with van der Waals surface area (Å²) in [7, 11) is -3.19. The topological polar surface area (TPSA) is 83.9 Å². The molecule has 1 aromatic rings. The van der Waals surface area contributed by atoms with Crippen LogP contribution in [0, 0.1) is 0 Å². The van der Waals surface area contributed by atoms with Crippen LogP contribution in [0.3, 0.4) is 0 Å². The Hall–Kier alpha value is -1.60. The van der Waals surface area contributed by atoms with E-state index in [9.17, 15) is 13.2 Å². The quantitative estimate of drug-likeness (QED) is 0.878. The third-order valence-corrected chi connectivity index (χ3v) is 5.23. The van der Waals surface area contributed by atoms with Gasteiger partial charge in [0.15, 0.2) is 9.84 Å². The first-order chi connectivity index (χ1) is 9.92. The number of benzene rings is 1. The molecule has 1 N–H and O–H groups in total. The molecule has 0 radical (unpaired) electrons. The predicted molar refractivity (Wildman–Crippen MR) is 78.4 cm³/mol. The highest BCUT2D eigenvalue weighted by Crippen LogP contribution is 2.21. The lowest BCUT2D eigenvalue weighted by molar-refractivity contribution is -0.140. The lowest BCUT2D eigenvalue weighted by Crippen LogP contribution is -2.43. The zero-order valence-corrected chi connectivity index (χ0v) is 12.7. The number of sulfone groups is 1. The zero-order chi connectivity index (χ0) is 15.5. The average molecular weight is 313 g/mol. The molecule has 0 saturated carbocycles. The Labute approximate surface area is 124 Å². The van der Waals surface area contributed by atoms with Crippen molar-refractivity contribution in [3.05, 3.63) is 24.3 Å². The minimum absolute atomic E-state index is 0.0290. The molecular weight excluding hydrogens is 294 g/mol. The Morgan fingerprint density at radius 1 is 1.38 bits per heavy atom. The van der Waals surface area contributed by atoms with Crippen LogP contribution in [0.2, 0.25) is 0 Å². The maximum absolute atomic E-state index is 11.8. The summed E-state index contributed by atoms with van der Waals surface area (Å²) in [4.78, 5) is 13.1. The summed E-state index contributed by atoms with van der Waals surface area (Å²) in [6, 6.07) is 6.70. The number of aliphatic carboxylic acids is 1. The van der Waals surface area contributed by atoms with E-state index in [1.807, 2.05) is 4.90 Å². The summed E-state index contributed by atoms with van der Waals surface area (Å²) in [5, 5.41) is 8.81. The Morgan fingerprint density at radius 3 is 2.62 bits per heavy atom. The van der Waals surface area contributed by atoms with Gasteiger partial charge in [0.1, 0.15) is 0 Å². The number of anilines is 1. The van der Waals surface area contributed by atoms with Crippen molar-refractivity contribution in [3.8, 4) is 0 Å². The second-order valence-corrected chi connectivity index (χ2v) is 7.21. The van der Waals surface area contributed by atoms with E-state index in [-0.39, 0.29) is 18.3 Å². The molecule has 1 aliphatic heterocycles. The minimum atomic E-state index is -3.19. The fourth-order valence-corrected chi connectivity index (χ4v) is 3.19. The first-order valence-corrected chi connectivity index (χ1v) is 8.49. The van der Waals surface area contributed by atoms with Gasteiger partial charge in [0, 0.05) is 18.8 Å². The molecule has 1 fully saturated rings. The van der Waals surface area contributed by atoms with Crippen molar-refractivity contribution in [2.75, 3.05) is 30.3 Å². The van der Waals surface area contributed by atoms with Crippen LogP contribution in [-0.2, 0) is 19.4 Å². The van der Waals surface area contributed by atoms with E-state index in [1.165, 1.54) is 0 Å². The SMILES string of the molecule is CCS(=O)(=O)c1ccc(N2CCOC(CC(=O)O)C2)cc1. The van der Waals surface area contributed by atoms with Crippen LogP contribution < -0.4 is 4.90 Å². The largest absolute Gasteiger partial charge is 0.481 e. The molecule has 116 valence electrons. The van der Waals surface area contributed by atoms with Crippen LogP contribution >= 0.6 is 0 Å². The van der Waals surface area contributed by atoms with Crippen molar-refractivity contribution in [2.45, 2.75) is 24.3 Å². The van der Waals surface area contributed by atoms with Gasteiger partial charge < -0.3 is 14.7 Å². The molecule has 0 aliphatic carbocycles. The van der Waals surface area contributed by atoms with Crippen LogP contribution in [-0.4, -0.2) is 51.0 Å². The fraction of sp³-hybridized carbons (Fsp3) is 0.500. The van der Waals surface area contributed by atoms with Gasteiger partial charge in [0.2, 0.25) is 0 Å². The fourth-order valence-electron chi connectivity index (χ4n) is 2.30. The Kier molecular flexibility index (Phi) is 4.84. The molecule has 21 heavy (non-hydrogen) atoms. The highest BCUT2D eigenvalue weighted by Gasteiger charge is 2.23. The van der Waals surface area contributed by atoms with Crippen LogP contribution in [0.4, 0.5) is 5.69 Å². The zero-order valence-electron chi connectivity index (χ0n) is 11.9. The molecule has 0 amide bonds. The second kappa shape index (κ2) is 6.44. The van der Waals surface area contributed by atoms with Gasteiger partial charge in [-0.2, -0.15) is 0 Å². The van der Waals surface area contributed by atoms with E-state index in [4.69, 9.17) is 9.84 Å². The van der Waals surface area contributed by atoms with Gasteiger partial charge in [-0.15, -0.1) is 0 Å². The molecule has 1 atom stereocenters. The van der Waals surface area contributed by atoms with Crippen molar-refractivity contribution in [1.82, 2.24) is 0 Å². The lowest BCUT2D eigenvalue weighted by Gasteiger charge is -2.34. The van der Waals surface area contributed by atoms with E-state index in [0.717, 1.165) is 5.69 Å². The van der Waals surface area contributed by atoms with Gasteiger partial charge in [-0.05, 0) is 24.3 Å². The van der Waals surface area contributed by atoms with Gasteiger partial charge in [0.05, 0.1) is 29.8 Å². The number of carboxylic acids is 1. The first kappa shape index (κ1) is 15.8. The molecular formula is C14H19NO5S. The smallest absolute Gasteiger partial charge is 0.306 e. The molecule has 1 saturated heterocycles. The summed E-state index contributed by atoms with van der Waals surface area (Å²) in [6.45, 7) is 3.23. The summed E-state index contributed by atoms with van der Waals surface area (Å²) < 4.78 is 28.9. The normalized spacial score (nSPS) is 19.5. The highest BCUT2D eigenvalue weighted by atomic mass is 32.2. The molecule has 6 nitrogen and oxygen atoms in total. The van der Waals surface area contributed by atoms with Crippen molar-refractivity contribution in [3.63, 3.8) is 0 Å². The van der Waals surface area contributed by atoms with E-state index in [0.29, 0.717) is 24.6 Å². The number of nitrogens with zero attached hydrogens (tertiary/aromatic N) is 1. The van der Waals surface area contributed by atoms with E-state index < -0.39 is 15.8 Å². The lowest BCUT2D eigenvalue weighted by atomic mass is 10.2. The van der Waals surface area contributed by atoms with E-state index in [1.54, 1.807) is 31.2 Å². The molecule has 0 spiro atoms. The summed E-state index contributed by atoms with van der Waals surface area (Å²) in [6.07, 6.45) is -0.367. The molecule has 1 heterocycles. The molecule has 0 bridgehead atoms. The van der Waals surface area contributed by atoms with Crippen LogP contribution in [0.15, 0.2) is 29.2 Å². The Bertz CT molecular complexity index is 596. The van der Waals surface area contributed by atoms with Gasteiger partial charge in [-0.1, -0.05) is 6.92 Å². The number of carboxylic acid groups (broad SMARTS) is 1. The minimum Gasteiger partial charge on any atom is -0.481 e. The summed E-state index contributed by atoms with van der Waals surface area (Å²) >= 11 is 0. The number of hydrogen-bond acceptors (Lipinski definition) is 5. The number of ether oxygens (including phenoxy) is 1. The predicted octanol–water partition coefficient (Wildman–Crippen LogP) is 1.16. The summed E-state index contributed by atoms with van der Waals surface area (Å²) in [5.74, 6) is -0.809. The van der Waals surface area contributed by atoms with Gasteiger partial charge >= 0.3 is 5.97 Å². The molecule has 1 unspecified atom stereocenters. The highest BCUT2D eigenvalue weighted by molar-refractivity contribution is 7.91. The maximum Gasteiger partial charge on any atom is 0.306 e. The van der Waals surface area contributed by atoms with Crippen molar-refractivity contribution < 1.29 is 23.1 Å². The van der Waals surface area contributed by atoms with E-state index >= 15 is 0 Å². The van der Waals surface area contributed by atoms with Gasteiger partial charge in [-0.25, -0.2) is 8.42 Å². The van der Waals surface area contributed by atoms with Crippen LogP contribution in [0.1, 0.15) is 13.3 Å². The molecule has 1 aromatic carbocycles. The average Bonchev–Trinajstić information content (AvgIpc) is 2.47. The van der Waals surface area contributed by atoms with Gasteiger partial charge in [-0.3, -0.25) is 4.79 Å². The third kappa shape index (κ3) is 3.95. The third-order valence-electron chi connectivity index (χ3n) is 3.48. The van der Waals surface area contributed by atoms with Crippen LogP contribution in [0.5, 0.6) is 0 Å². The molecule has 1 aliphatic rings. The molecule has 2 rings (SSSR count). The van der Waals surface area contributed by atoms with Crippen molar-refractivity contribution in [2.24, 2.45) is 0 Å². The monoisotopic (exact) mass is 313 g/mol. The van der Waals surface area contributed by atoms with Crippen LogP contribution in [0.25, 0.3) is 0 Å². The van der Waals surface area contributed by atoms with Crippen molar-refractivity contribution >= 4 is 21.5 Å². The summed E-state index contributed by atoms with van der Waals surface area (Å²) in [5.41, 5.74) is 0.878. The Balaban J connectivity index is 2.10. The number of hydrogen-bond donors (Lipinski definition) is 1.